The molecule has 1 nitrogen and oxygen atoms in total. The molecule has 0 N–H and O–H groups in total. The molecule has 0 aliphatic carbocycles. The summed E-state index contributed by atoms with van der Waals surface area (Å²) in [6, 6.07) is 0. The number of hydrogen-bond donors (Lipinski definition) is 0. The fourth-order valence-electron chi connectivity index (χ4n) is 0.659. The average Bonchev–Trinajstić information content (AvgIpc) is 1.90. The van der Waals surface area contributed by atoms with Crippen LogP contribution in [-0.2, 0) is 4.79 Å². The summed E-state index contributed by atoms with van der Waals surface area (Å²) in [7, 11) is 0. The number of allylic oxidation sites excluding steroid dienone is 1. The summed E-state index contributed by atoms with van der Waals surface area (Å²) in [5, 5.41) is 0. The van der Waals surface area contributed by atoms with Crippen LogP contribution < -0.4 is 0 Å². The summed E-state index contributed by atoms with van der Waals surface area (Å²) in [5.74, 6) is 2.10. The van der Waals surface area contributed by atoms with Crippen molar-refractivity contribution in [2.24, 2.45) is 0 Å². The maximum absolute atomic E-state index is 10.1. The molecule has 1 heterocycles. The summed E-state index contributed by atoms with van der Waals surface area (Å²) in [6.45, 7) is 0. The fraction of sp³-hybridized carbons (Fsp3) is 0.500. The van der Waals surface area contributed by atoms with E-state index in [1.165, 1.54) is 5.75 Å². The van der Waals surface area contributed by atoms with Crippen molar-refractivity contribution >= 4 is 18.0 Å². The van der Waals surface area contributed by atoms with Crippen LogP contribution in [0.4, 0.5) is 0 Å². The van der Waals surface area contributed by atoms with E-state index in [9.17, 15) is 4.79 Å². The third kappa shape index (κ3) is 1.37. The van der Waals surface area contributed by atoms with Crippen LogP contribution in [0, 0.1) is 0 Å². The molecule has 0 spiro atoms. The topological polar surface area (TPSA) is 17.1 Å². The third-order valence-electron chi connectivity index (χ3n) is 1.09. The van der Waals surface area contributed by atoms with E-state index in [4.69, 9.17) is 0 Å². The first-order chi connectivity index (χ1) is 3.93. The monoisotopic (exact) mass is 128 g/mol. The highest BCUT2D eigenvalue weighted by atomic mass is 32.2. The van der Waals surface area contributed by atoms with E-state index in [1.54, 1.807) is 0 Å². The van der Waals surface area contributed by atoms with Crippen molar-refractivity contribution in [2.45, 2.75) is 6.42 Å². The lowest BCUT2D eigenvalue weighted by Crippen LogP contribution is -1.96. The molecule has 0 aromatic heterocycles. The molecule has 0 saturated heterocycles. The summed E-state index contributed by atoms with van der Waals surface area (Å²) in [6.07, 6.45) is 4.04. The molecule has 0 bridgehead atoms. The van der Waals surface area contributed by atoms with E-state index >= 15 is 0 Å². The smallest absolute Gasteiger partial charge is 0.146 e. The Balaban J connectivity index is 2.49. The lowest BCUT2D eigenvalue weighted by Gasteiger charge is -2.04. The summed E-state index contributed by atoms with van der Waals surface area (Å²) >= 11 is 1.83. The van der Waals surface area contributed by atoms with Crippen LogP contribution in [0.25, 0.3) is 0 Å². The van der Waals surface area contributed by atoms with Gasteiger partial charge < -0.3 is 0 Å². The Morgan fingerprint density at radius 1 is 1.75 bits per heavy atom. The van der Waals surface area contributed by atoms with Gasteiger partial charge in [0.25, 0.3) is 0 Å². The Morgan fingerprint density at radius 3 is 3.00 bits per heavy atom. The fourth-order valence-corrected chi connectivity index (χ4v) is 1.51. The zero-order valence-corrected chi connectivity index (χ0v) is 5.41. The maximum Gasteiger partial charge on any atom is 0.146 e. The second-order valence-electron chi connectivity index (χ2n) is 1.74. The van der Waals surface area contributed by atoms with Crippen molar-refractivity contribution in [3.8, 4) is 0 Å². The van der Waals surface area contributed by atoms with Crippen molar-refractivity contribution in [1.29, 1.82) is 0 Å². The van der Waals surface area contributed by atoms with Gasteiger partial charge in [0.1, 0.15) is 6.29 Å². The number of rotatable bonds is 1. The summed E-state index contributed by atoms with van der Waals surface area (Å²) in [4.78, 5) is 10.1. The van der Waals surface area contributed by atoms with Crippen molar-refractivity contribution in [3.63, 3.8) is 0 Å². The molecule has 0 unspecified atom stereocenters. The van der Waals surface area contributed by atoms with Gasteiger partial charge in [-0.05, 0) is 17.7 Å². The van der Waals surface area contributed by atoms with Crippen molar-refractivity contribution < 1.29 is 4.79 Å². The molecule has 0 amide bonds. The number of aldehydes is 1. The Labute approximate surface area is 53.2 Å². The van der Waals surface area contributed by atoms with Gasteiger partial charge in [-0.3, -0.25) is 4.79 Å². The molecule has 0 aromatic rings. The zero-order valence-electron chi connectivity index (χ0n) is 4.59. The van der Waals surface area contributed by atoms with Crippen LogP contribution in [-0.4, -0.2) is 17.8 Å². The molecule has 0 fully saturated rings. The SMILES string of the molecule is O=CC1=CCCSC1. The minimum atomic E-state index is 0.920. The largest absolute Gasteiger partial charge is 0.298 e. The molecule has 0 radical (unpaired) electrons. The van der Waals surface area contributed by atoms with E-state index in [0.717, 1.165) is 24.0 Å². The second kappa shape index (κ2) is 2.92. The van der Waals surface area contributed by atoms with E-state index in [1.807, 2.05) is 17.8 Å². The van der Waals surface area contributed by atoms with E-state index in [0.29, 0.717) is 0 Å². The van der Waals surface area contributed by atoms with Crippen LogP contribution in [0.1, 0.15) is 6.42 Å². The molecule has 0 atom stereocenters. The lowest BCUT2D eigenvalue weighted by atomic mass is 10.3. The Morgan fingerprint density at radius 2 is 2.62 bits per heavy atom. The minimum Gasteiger partial charge on any atom is -0.298 e. The van der Waals surface area contributed by atoms with Crippen molar-refractivity contribution in [3.05, 3.63) is 11.6 Å². The van der Waals surface area contributed by atoms with Gasteiger partial charge >= 0.3 is 0 Å². The summed E-state index contributed by atoms with van der Waals surface area (Å²) in [5.41, 5.74) is 0.959. The quantitative estimate of drug-likeness (QED) is 0.494. The van der Waals surface area contributed by atoms with Gasteiger partial charge in [-0.15, -0.1) is 0 Å². The Hall–Kier alpha value is -0.240. The highest BCUT2D eigenvalue weighted by Gasteiger charge is 1.99. The molecule has 2 heteroatoms. The van der Waals surface area contributed by atoms with E-state index < -0.39 is 0 Å². The average molecular weight is 128 g/mol. The molecule has 1 rings (SSSR count). The zero-order chi connectivity index (χ0) is 5.82. The van der Waals surface area contributed by atoms with Crippen LogP contribution >= 0.6 is 11.8 Å². The Bertz CT molecular complexity index is 118. The maximum atomic E-state index is 10.1. The number of hydrogen-bond acceptors (Lipinski definition) is 2. The molecule has 44 valence electrons. The second-order valence-corrected chi connectivity index (χ2v) is 2.84. The van der Waals surface area contributed by atoms with Crippen molar-refractivity contribution in [2.75, 3.05) is 11.5 Å². The van der Waals surface area contributed by atoms with Crippen LogP contribution in [0.2, 0.25) is 0 Å². The summed E-state index contributed by atoms with van der Waals surface area (Å²) < 4.78 is 0. The predicted molar refractivity (Wildman–Crippen MR) is 36.1 cm³/mol. The molecule has 1 aliphatic heterocycles. The molecule has 0 aromatic carbocycles. The highest BCUT2D eigenvalue weighted by molar-refractivity contribution is 7.99. The third-order valence-corrected chi connectivity index (χ3v) is 2.15. The van der Waals surface area contributed by atoms with Gasteiger partial charge in [-0.2, -0.15) is 11.8 Å². The number of carbonyl (C=O) groups excluding carboxylic acids is 1. The van der Waals surface area contributed by atoms with Gasteiger partial charge in [-0.1, -0.05) is 6.08 Å². The molecule has 0 saturated carbocycles. The molecule has 8 heavy (non-hydrogen) atoms. The van der Waals surface area contributed by atoms with E-state index in [-0.39, 0.29) is 0 Å². The van der Waals surface area contributed by atoms with Crippen LogP contribution in [0.15, 0.2) is 11.6 Å². The minimum absolute atomic E-state index is 0.920. The number of thioether (sulfide) groups is 1. The number of carbonyl (C=O) groups is 1. The van der Waals surface area contributed by atoms with Gasteiger partial charge in [0.05, 0.1) is 0 Å². The highest BCUT2D eigenvalue weighted by Crippen LogP contribution is 2.14. The Kier molecular flexibility index (Phi) is 2.15. The lowest BCUT2D eigenvalue weighted by molar-refractivity contribution is -0.104. The standard InChI is InChI=1S/C6H8OS/c7-4-6-2-1-3-8-5-6/h2,4H,1,3,5H2. The first-order valence-electron chi connectivity index (χ1n) is 2.65. The first-order valence-corrected chi connectivity index (χ1v) is 3.81. The van der Waals surface area contributed by atoms with Gasteiger partial charge in [0.15, 0.2) is 0 Å². The van der Waals surface area contributed by atoms with Crippen molar-refractivity contribution in [1.82, 2.24) is 0 Å². The normalized spacial score (nSPS) is 19.8. The van der Waals surface area contributed by atoms with E-state index in [2.05, 4.69) is 0 Å². The van der Waals surface area contributed by atoms with Gasteiger partial charge in [0.2, 0.25) is 0 Å². The van der Waals surface area contributed by atoms with Gasteiger partial charge in [-0.25, -0.2) is 0 Å². The predicted octanol–water partition coefficient (Wildman–Crippen LogP) is 1.25. The molecular weight excluding hydrogens is 120 g/mol. The molecule has 1 aliphatic rings. The van der Waals surface area contributed by atoms with Gasteiger partial charge in [0, 0.05) is 5.75 Å². The first kappa shape index (κ1) is 5.89. The van der Waals surface area contributed by atoms with Crippen LogP contribution in [0.3, 0.4) is 0 Å². The molecular formula is C6H8OS. The van der Waals surface area contributed by atoms with Crippen LogP contribution in [0.5, 0.6) is 0 Å².